The lowest BCUT2D eigenvalue weighted by molar-refractivity contribution is 0.555. The number of aromatic nitrogens is 2. The van der Waals surface area contributed by atoms with Gasteiger partial charge in [-0.05, 0) is 11.6 Å². The summed E-state index contributed by atoms with van der Waals surface area (Å²) in [4.78, 5) is 0. The lowest BCUT2D eigenvalue weighted by Gasteiger charge is -1.60. The topological polar surface area (TPSA) is 38.9 Å². The van der Waals surface area contributed by atoms with Gasteiger partial charge in [0.15, 0.2) is 0 Å². The summed E-state index contributed by atoms with van der Waals surface area (Å²) >= 11 is 5.11. The molecular weight excluding hydrogens is 115 g/mol. The zero-order valence-corrected chi connectivity index (χ0v) is 3.51. The highest BCUT2D eigenvalue weighted by molar-refractivity contribution is 6.27. The molecule has 4 heteroatoms. The Morgan fingerprint density at radius 3 is 2.57 bits per heavy atom. The first-order valence-electron chi connectivity index (χ1n) is 1.31. The molecule has 0 aliphatic carbocycles. The predicted octanol–water partition coefficient (Wildman–Crippen LogP) is 1.36. The minimum absolute atomic E-state index is 0. The van der Waals surface area contributed by atoms with E-state index >= 15 is 0 Å². The quantitative estimate of drug-likeness (QED) is 0.519. The van der Waals surface area contributed by atoms with Crippen LogP contribution in [0.1, 0.15) is 7.43 Å². The van der Waals surface area contributed by atoms with Gasteiger partial charge in [-0.2, -0.15) is 0 Å². The van der Waals surface area contributed by atoms with E-state index in [0.717, 1.165) is 0 Å². The van der Waals surface area contributed by atoms with E-state index in [0.29, 0.717) is 0 Å². The van der Waals surface area contributed by atoms with Crippen LogP contribution in [0.5, 0.6) is 0 Å². The van der Waals surface area contributed by atoms with Gasteiger partial charge in [0, 0.05) is 0 Å². The first kappa shape index (κ1) is 6.43. The van der Waals surface area contributed by atoms with Crippen LogP contribution in [0.25, 0.3) is 0 Å². The molecule has 0 bridgehead atoms. The molecule has 0 radical (unpaired) electrons. The third-order valence-electron chi connectivity index (χ3n) is 0.333. The Morgan fingerprint density at radius 2 is 2.43 bits per heavy atom. The van der Waals surface area contributed by atoms with Crippen molar-refractivity contribution in [3.05, 3.63) is 11.7 Å². The monoisotopic (exact) mass is 120 g/mol. The van der Waals surface area contributed by atoms with Crippen molar-refractivity contribution < 1.29 is 4.42 Å². The summed E-state index contributed by atoms with van der Waals surface area (Å²) in [6, 6.07) is 0. The van der Waals surface area contributed by atoms with Crippen molar-refractivity contribution in [2.24, 2.45) is 0 Å². The van der Waals surface area contributed by atoms with E-state index in [9.17, 15) is 0 Å². The average Bonchev–Trinajstić information content (AvgIpc) is 1.86. The fourth-order valence-corrected chi connectivity index (χ4v) is 0.243. The molecule has 3 nitrogen and oxygen atoms in total. The van der Waals surface area contributed by atoms with E-state index in [1.807, 2.05) is 0 Å². The number of rotatable bonds is 0. The molecule has 0 fully saturated rings. The van der Waals surface area contributed by atoms with Gasteiger partial charge in [-0.25, -0.2) is 0 Å². The highest BCUT2D eigenvalue weighted by atomic mass is 35.5. The molecular formula is C3H5ClN2O. The van der Waals surface area contributed by atoms with Gasteiger partial charge in [-0.3, -0.25) is 0 Å². The zero-order chi connectivity index (χ0) is 4.41. The maximum Gasteiger partial charge on any atom is 0.312 e. The SMILES string of the molecule is C.Clc1nnco1. The number of nitrogens with zero attached hydrogens (tertiary/aromatic N) is 2. The van der Waals surface area contributed by atoms with Crippen molar-refractivity contribution in [1.82, 2.24) is 10.2 Å². The zero-order valence-electron chi connectivity index (χ0n) is 2.76. The van der Waals surface area contributed by atoms with Crippen molar-refractivity contribution in [3.63, 3.8) is 0 Å². The van der Waals surface area contributed by atoms with Crippen LogP contribution >= 0.6 is 11.6 Å². The molecule has 0 N–H and O–H groups in total. The fourth-order valence-electron chi connectivity index (χ4n) is 0.160. The highest BCUT2D eigenvalue weighted by Crippen LogP contribution is 1.96. The second kappa shape index (κ2) is 2.58. The van der Waals surface area contributed by atoms with Crippen molar-refractivity contribution in [3.8, 4) is 0 Å². The predicted molar refractivity (Wildman–Crippen MR) is 26.0 cm³/mol. The maximum atomic E-state index is 5.11. The van der Waals surface area contributed by atoms with Crippen molar-refractivity contribution >= 4 is 11.6 Å². The molecule has 1 aromatic heterocycles. The summed E-state index contributed by atoms with van der Waals surface area (Å²) in [6.45, 7) is 0. The Hall–Kier alpha value is -0.570. The summed E-state index contributed by atoms with van der Waals surface area (Å²) in [7, 11) is 0. The van der Waals surface area contributed by atoms with E-state index in [1.54, 1.807) is 0 Å². The molecule has 1 aromatic rings. The van der Waals surface area contributed by atoms with Gasteiger partial charge in [-0.15, -0.1) is 5.10 Å². The van der Waals surface area contributed by atoms with Crippen LogP contribution in [0.2, 0.25) is 5.35 Å². The first-order valence-corrected chi connectivity index (χ1v) is 1.69. The molecule has 1 heterocycles. The van der Waals surface area contributed by atoms with Gasteiger partial charge in [0.2, 0.25) is 6.39 Å². The Morgan fingerprint density at radius 1 is 1.71 bits per heavy atom. The molecule has 0 unspecified atom stereocenters. The fraction of sp³-hybridized carbons (Fsp3) is 0.333. The molecule has 0 spiro atoms. The van der Waals surface area contributed by atoms with Crippen molar-refractivity contribution in [2.45, 2.75) is 7.43 Å². The summed E-state index contributed by atoms with van der Waals surface area (Å²) in [6.07, 6.45) is 1.17. The summed E-state index contributed by atoms with van der Waals surface area (Å²) in [5, 5.41) is 6.62. The Labute approximate surface area is 46.3 Å². The van der Waals surface area contributed by atoms with E-state index in [4.69, 9.17) is 11.6 Å². The largest absolute Gasteiger partial charge is 0.415 e. The normalized spacial score (nSPS) is 7.57. The molecule has 0 aliphatic rings. The van der Waals surface area contributed by atoms with Crippen LogP contribution in [-0.4, -0.2) is 10.2 Å². The molecule has 40 valence electrons. The van der Waals surface area contributed by atoms with Gasteiger partial charge >= 0.3 is 5.35 Å². The molecule has 1 rings (SSSR count). The molecule has 0 atom stereocenters. The molecule has 0 aliphatic heterocycles. The first-order chi connectivity index (χ1) is 2.89. The standard InChI is InChI=1S/C2HClN2O.CH4/c3-2-5-4-1-6-2;/h1H;1H4. The summed E-state index contributed by atoms with van der Waals surface area (Å²) < 4.78 is 4.38. The van der Waals surface area contributed by atoms with Gasteiger partial charge < -0.3 is 4.42 Å². The second-order valence-electron chi connectivity index (χ2n) is 0.692. The van der Waals surface area contributed by atoms with Crippen LogP contribution in [0.3, 0.4) is 0 Å². The van der Waals surface area contributed by atoms with Gasteiger partial charge in [-0.1, -0.05) is 12.5 Å². The molecule has 7 heavy (non-hydrogen) atoms. The Kier molecular flexibility index (Phi) is 2.37. The van der Waals surface area contributed by atoms with Crippen molar-refractivity contribution in [1.29, 1.82) is 0 Å². The van der Waals surface area contributed by atoms with Crippen molar-refractivity contribution in [2.75, 3.05) is 0 Å². The van der Waals surface area contributed by atoms with Crippen LogP contribution in [0, 0.1) is 0 Å². The van der Waals surface area contributed by atoms with Gasteiger partial charge in [0.05, 0.1) is 0 Å². The second-order valence-corrected chi connectivity index (χ2v) is 1.02. The average molecular weight is 121 g/mol. The van der Waals surface area contributed by atoms with E-state index in [2.05, 4.69) is 14.6 Å². The highest BCUT2D eigenvalue weighted by Gasteiger charge is 1.83. The van der Waals surface area contributed by atoms with E-state index in [1.165, 1.54) is 6.39 Å². The van der Waals surface area contributed by atoms with Crippen LogP contribution in [0.15, 0.2) is 10.8 Å². The smallest absolute Gasteiger partial charge is 0.312 e. The number of hydrogen-bond acceptors (Lipinski definition) is 3. The van der Waals surface area contributed by atoms with Crippen LogP contribution in [0.4, 0.5) is 0 Å². The van der Waals surface area contributed by atoms with Gasteiger partial charge in [0.25, 0.3) is 0 Å². The third kappa shape index (κ3) is 1.55. The Balaban J connectivity index is 0.000000360. The number of halogens is 1. The third-order valence-corrected chi connectivity index (χ3v) is 0.498. The van der Waals surface area contributed by atoms with E-state index < -0.39 is 0 Å². The summed E-state index contributed by atoms with van der Waals surface area (Å²) in [5.74, 6) is 0. The minimum Gasteiger partial charge on any atom is -0.415 e. The number of hydrogen-bond donors (Lipinski definition) is 0. The lowest BCUT2D eigenvalue weighted by atomic mass is 11.5. The molecule has 0 saturated heterocycles. The Bertz CT molecular complexity index is 116. The maximum absolute atomic E-state index is 5.11. The molecule has 0 saturated carbocycles. The van der Waals surface area contributed by atoms with E-state index in [-0.39, 0.29) is 12.8 Å². The van der Waals surface area contributed by atoms with Crippen LogP contribution < -0.4 is 0 Å². The summed E-state index contributed by atoms with van der Waals surface area (Å²) in [5.41, 5.74) is 0. The van der Waals surface area contributed by atoms with Crippen LogP contribution in [-0.2, 0) is 0 Å². The molecule has 0 amide bonds. The lowest BCUT2D eigenvalue weighted by Crippen LogP contribution is -1.58. The minimum atomic E-state index is 0. The van der Waals surface area contributed by atoms with Gasteiger partial charge in [0.1, 0.15) is 0 Å². The molecule has 0 aromatic carbocycles.